The second kappa shape index (κ2) is 5.22. The Balaban J connectivity index is 1.94. The highest BCUT2D eigenvalue weighted by molar-refractivity contribution is 9.10. The lowest BCUT2D eigenvalue weighted by molar-refractivity contribution is 0.410. The topological polar surface area (TPSA) is 9.23 Å². The summed E-state index contributed by atoms with van der Waals surface area (Å²) >= 11 is 7.40. The van der Waals surface area contributed by atoms with Crippen molar-refractivity contribution in [2.24, 2.45) is 0 Å². The second-order valence-corrected chi connectivity index (χ2v) is 8.56. The summed E-state index contributed by atoms with van der Waals surface area (Å²) in [5, 5.41) is 0. The minimum absolute atomic E-state index is 0.0232. The number of allylic oxidation sites excluding steroid dienone is 2. The molecule has 118 valence electrons. The molecule has 0 unspecified atom stereocenters. The van der Waals surface area contributed by atoms with E-state index in [1.165, 1.54) is 32.3 Å². The molecule has 23 heavy (non-hydrogen) atoms. The summed E-state index contributed by atoms with van der Waals surface area (Å²) in [5.74, 6) is 0.914. The highest BCUT2D eigenvalue weighted by atomic mass is 79.9. The molecule has 2 aliphatic carbocycles. The number of halogens is 2. The van der Waals surface area contributed by atoms with Gasteiger partial charge in [0.1, 0.15) is 5.75 Å². The fraction of sp³-hybridized carbons (Fsp3) is 0.300. The quantitative estimate of drug-likeness (QED) is 0.530. The van der Waals surface area contributed by atoms with E-state index in [-0.39, 0.29) is 5.41 Å². The summed E-state index contributed by atoms with van der Waals surface area (Å²) in [6, 6.07) is 11.0. The van der Waals surface area contributed by atoms with E-state index in [1.54, 1.807) is 12.7 Å². The van der Waals surface area contributed by atoms with E-state index in [0.717, 1.165) is 23.1 Å². The third kappa shape index (κ3) is 2.16. The van der Waals surface area contributed by atoms with Crippen molar-refractivity contribution in [2.75, 3.05) is 7.11 Å². The fourth-order valence-corrected chi connectivity index (χ4v) is 5.33. The van der Waals surface area contributed by atoms with Crippen molar-refractivity contribution in [1.82, 2.24) is 0 Å². The minimum Gasteiger partial charge on any atom is -0.496 e. The van der Waals surface area contributed by atoms with Crippen molar-refractivity contribution in [3.8, 4) is 5.75 Å². The van der Waals surface area contributed by atoms with Crippen LogP contribution in [-0.4, -0.2) is 7.11 Å². The molecule has 2 aromatic rings. The summed E-state index contributed by atoms with van der Waals surface area (Å²) in [6.45, 7) is 4.68. The van der Waals surface area contributed by atoms with E-state index in [0.29, 0.717) is 0 Å². The van der Waals surface area contributed by atoms with Crippen LogP contribution in [0, 0.1) is 0 Å². The number of hydrogen-bond acceptors (Lipinski definition) is 1. The summed E-state index contributed by atoms with van der Waals surface area (Å²) in [5.41, 5.74) is 8.71. The first kappa shape index (κ1) is 15.5. The Morgan fingerprint density at radius 3 is 2.52 bits per heavy atom. The monoisotopic (exact) mass is 432 g/mol. The van der Waals surface area contributed by atoms with Crippen LogP contribution in [0.4, 0.5) is 0 Å². The van der Waals surface area contributed by atoms with E-state index in [2.05, 4.69) is 76.0 Å². The van der Waals surface area contributed by atoms with E-state index in [1.807, 2.05) is 0 Å². The molecule has 2 aromatic carbocycles. The van der Waals surface area contributed by atoms with E-state index >= 15 is 0 Å². The van der Waals surface area contributed by atoms with Crippen LogP contribution in [0.2, 0.25) is 0 Å². The van der Waals surface area contributed by atoms with Crippen molar-refractivity contribution in [3.63, 3.8) is 0 Å². The van der Waals surface area contributed by atoms with Crippen molar-refractivity contribution >= 4 is 37.4 Å². The molecule has 1 nitrogen and oxygen atoms in total. The van der Waals surface area contributed by atoms with Gasteiger partial charge in [-0.2, -0.15) is 0 Å². The maximum Gasteiger partial charge on any atom is 0.133 e. The summed E-state index contributed by atoms with van der Waals surface area (Å²) < 4.78 is 7.77. The van der Waals surface area contributed by atoms with Gasteiger partial charge in [-0.3, -0.25) is 0 Å². The number of ether oxygens (including phenoxy) is 1. The largest absolute Gasteiger partial charge is 0.496 e. The Morgan fingerprint density at radius 2 is 1.78 bits per heavy atom. The number of benzene rings is 2. The highest BCUT2D eigenvalue weighted by Crippen LogP contribution is 2.52. The van der Waals surface area contributed by atoms with E-state index in [9.17, 15) is 0 Å². The fourth-order valence-electron chi connectivity index (χ4n) is 4.13. The predicted molar refractivity (Wildman–Crippen MR) is 102 cm³/mol. The van der Waals surface area contributed by atoms with Gasteiger partial charge in [0.25, 0.3) is 0 Å². The molecule has 0 heterocycles. The SMILES string of the molecule is COc1cc2c(cc1Br)CC1=C(Cc3cccc(Br)c31)C2(C)C. The molecular weight excluding hydrogens is 416 g/mol. The molecule has 0 aromatic heterocycles. The third-order valence-corrected chi connectivity index (χ3v) is 6.59. The van der Waals surface area contributed by atoms with Crippen LogP contribution < -0.4 is 4.74 Å². The molecule has 0 radical (unpaired) electrons. The average Bonchev–Trinajstić information content (AvgIpc) is 2.88. The number of methoxy groups -OCH3 is 1. The minimum atomic E-state index is 0.0232. The van der Waals surface area contributed by atoms with Crippen LogP contribution in [-0.2, 0) is 18.3 Å². The molecular formula is C20H18Br2O. The van der Waals surface area contributed by atoms with Crippen molar-refractivity contribution in [2.45, 2.75) is 32.1 Å². The van der Waals surface area contributed by atoms with Crippen molar-refractivity contribution in [3.05, 3.63) is 67.1 Å². The van der Waals surface area contributed by atoms with Gasteiger partial charge in [-0.1, -0.05) is 47.5 Å². The van der Waals surface area contributed by atoms with Crippen molar-refractivity contribution < 1.29 is 4.74 Å². The lowest BCUT2D eigenvalue weighted by Gasteiger charge is -2.35. The molecule has 0 amide bonds. The molecule has 2 aliphatic rings. The van der Waals surface area contributed by atoms with Crippen molar-refractivity contribution in [1.29, 1.82) is 0 Å². The van der Waals surface area contributed by atoms with E-state index < -0.39 is 0 Å². The Morgan fingerprint density at radius 1 is 1.00 bits per heavy atom. The Bertz CT molecular complexity index is 862. The van der Waals surface area contributed by atoms with Crippen LogP contribution in [0.25, 0.3) is 5.57 Å². The molecule has 0 N–H and O–H groups in total. The molecule has 0 saturated carbocycles. The Labute approximate surface area is 154 Å². The lowest BCUT2D eigenvalue weighted by atomic mass is 9.69. The molecule has 4 rings (SSSR count). The zero-order chi connectivity index (χ0) is 16.4. The first-order valence-electron chi connectivity index (χ1n) is 7.80. The van der Waals surface area contributed by atoms with Gasteiger partial charge in [0, 0.05) is 9.89 Å². The van der Waals surface area contributed by atoms with Gasteiger partial charge < -0.3 is 4.74 Å². The lowest BCUT2D eigenvalue weighted by Crippen LogP contribution is -2.27. The van der Waals surface area contributed by atoms with Gasteiger partial charge in [0.05, 0.1) is 11.6 Å². The maximum absolute atomic E-state index is 5.53. The van der Waals surface area contributed by atoms with E-state index in [4.69, 9.17) is 4.74 Å². The molecule has 0 saturated heterocycles. The van der Waals surface area contributed by atoms with Crippen LogP contribution in [0.15, 0.2) is 44.9 Å². The molecule has 0 fully saturated rings. The molecule has 0 spiro atoms. The van der Waals surface area contributed by atoms with Gasteiger partial charge in [-0.25, -0.2) is 0 Å². The summed E-state index contributed by atoms with van der Waals surface area (Å²) in [7, 11) is 1.73. The smallest absolute Gasteiger partial charge is 0.133 e. The maximum atomic E-state index is 5.53. The van der Waals surface area contributed by atoms with Gasteiger partial charge in [0.2, 0.25) is 0 Å². The van der Waals surface area contributed by atoms with Crippen LogP contribution in [0.1, 0.15) is 36.1 Å². The van der Waals surface area contributed by atoms with Gasteiger partial charge in [-0.05, 0) is 74.8 Å². The zero-order valence-corrected chi connectivity index (χ0v) is 16.6. The Hall–Kier alpha value is -1.06. The molecule has 0 atom stereocenters. The van der Waals surface area contributed by atoms with Gasteiger partial charge >= 0.3 is 0 Å². The first-order chi connectivity index (χ1) is 10.9. The third-order valence-electron chi connectivity index (χ3n) is 5.31. The second-order valence-electron chi connectivity index (χ2n) is 6.85. The van der Waals surface area contributed by atoms with Crippen LogP contribution in [0.3, 0.4) is 0 Å². The molecule has 0 aliphatic heterocycles. The predicted octanol–water partition coefficient (Wildman–Crippen LogP) is 6.06. The number of hydrogen-bond donors (Lipinski definition) is 0. The summed E-state index contributed by atoms with van der Waals surface area (Å²) in [6.07, 6.45) is 2.04. The number of fused-ring (bicyclic) bond motifs is 3. The average molecular weight is 434 g/mol. The molecule has 3 heteroatoms. The normalized spacial score (nSPS) is 17.6. The molecule has 0 bridgehead atoms. The standard InChI is InChI=1S/C20H18Br2O/c1-20(2)14-10-18(23-3)17(22)9-12(14)7-13-15(20)8-11-5-4-6-16(21)19(11)13/h4-6,9-10H,7-8H2,1-3H3. The van der Waals surface area contributed by atoms with Crippen LogP contribution in [0.5, 0.6) is 5.75 Å². The van der Waals surface area contributed by atoms with Gasteiger partial charge in [-0.15, -0.1) is 0 Å². The zero-order valence-electron chi connectivity index (χ0n) is 13.5. The van der Waals surface area contributed by atoms with Gasteiger partial charge in [0.15, 0.2) is 0 Å². The highest BCUT2D eigenvalue weighted by Gasteiger charge is 2.39. The summed E-state index contributed by atoms with van der Waals surface area (Å²) in [4.78, 5) is 0. The first-order valence-corrected chi connectivity index (χ1v) is 9.39. The number of rotatable bonds is 1. The van der Waals surface area contributed by atoms with Crippen LogP contribution >= 0.6 is 31.9 Å². The Kier molecular flexibility index (Phi) is 3.51.